The molecule has 5 heteroatoms. The van der Waals surface area contributed by atoms with Gasteiger partial charge in [-0.05, 0) is 38.1 Å². The number of aliphatic hydroxyl groups excluding tert-OH is 1. The number of hydrogen-bond donors (Lipinski definition) is 2. The molecule has 1 aromatic rings. The highest BCUT2D eigenvalue weighted by atomic mass is 16.5. The van der Waals surface area contributed by atoms with Gasteiger partial charge in [-0.2, -0.15) is 0 Å². The maximum Gasteiger partial charge on any atom is 0.179 e. The van der Waals surface area contributed by atoms with Crippen LogP contribution in [0.4, 0.5) is 5.69 Å². The van der Waals surface area contributed by atoms with Crippen molar-refractivity contribution in [2.45, 2.75) is 39.3 Å². The predicted molar refractivity (Wildman–Crippen MR) is 87.8 cm³/mol. The summed E-state index contributed by atoms with van der Waals surface area (Å²) < 4.78 is 5.87. The Bertz CT molecular complexity index is 519. The summed E-state index contributed by atoms with van der Waals surface area (Å²) in [7, 11) is 0. The summed E-state index contributed by atoms with van der Waals surface area (Å²) in [4.78, 5) is 14.6. The Morgan fingerprint density at radius 3 is 2.91 bits per heavy atom. The Kier molecular flexibility index (Phi) is 5.80. The summed E-state index contributed by atoms with van der Waals surface area (Å²) in [5.41, 5.74) is 1.56. The van der Waals surface area contributed by atoms with E-state index in [1.165, 1.54) is 0 Å². The number of carbonyl (C=O) groups is 1. The molecule has 1 aliphatic heterocycles. The second-order valence-electron chi connectivity index (χ2n) is 5.63. The highest BCUT2D eigenvalue weighted by Crippen LogP contribution is 2.31. The van der Waals surface area contributed by atoms with Crippen LogP contribution in [0.1, 0.15) is 37.6 Å². The van der Waals surface area contributed by atoms with Crippen molar-refractivity contribution in [1.82, 2.24) is 4.90 Å². The van der Waals surface area contributed by atoms with Crippen LogP contribution in [0, 0.1) is 0 Å². The van der Waals surface area contributed by atoms with Crippen molar-refractivity contribution in [2.24, 2.45) is 0 Å². The van der Waals surface area contributed by atoms with Crippen molar-refractivity contribution < 1.29 is 14.6 Å². The van der Waals surface area contributed by atoms with E-state index in [0.29, 0.717) is 12.1 Å². The lowest BCUT2D eigenvalue weighted by molar-refractivity contribution is 0.0817. The van der Waals surface area contributed by atoms with E-state index in [4.69, 9.17) is 9.84 Å². The number of nitrogens with zero attached hydrogens (tertiary/aromatic N) is 1. The van der Waals surface area contributed by atoms with Crippen molar-refractivity contribution >= 4 is 11.5 Å². The highest BCUT2D eigenvalue weighted by molar-refractivity contribution is 6.01. The standard InChI is InChI=1S/C17H26N2O3/c1-4-14-11-18-15-10-13(6-7-16(15)22-14)17(21)12(3)19(5-2)8-9-20/h6-7,10,12,14,18,20H,4-5,8-9,11H2,1-3H3. The molecule has 1 aromatic carbocycles. The number of likely N-dealkylation sites (N-methyl/N-ethyl adjacent to an activating group) is 1. The van der Waals surface area contributed by atoms with Crippen LogP contribution >= 0.6 is 0 Å². The third-order valence-corrected chi connectivity index (χ3v) is 4.25. The van der Waals surface area contributed by atoms with E-state index < -0.39 is 0 Å². The molecule has 1 heterocycles. The van der Waals surface area contributed by atoms with E-state index in [0.717, 1.165) is 30.9 Å². The fourth-order valence-electron chi connectivity index (χ4n) is 2.76. The van der Waals surface area contributed by atoms with Gasteiger partial charge in [0.2, 0.25) is 0 Å². The van der Waals surface area contributed by atoms with Crippen LogP contribution in [0.2, 0.25) is 0 Å². The van der Waals surface area contributed by atoms with E-state index in [2.05, 4.69) is 12.2 Å². The minimum Gasteiger partial charge on any atom is -0.486 e. The Balaban J connectivity index is 2.14. The molecule has 0 bridgehead atoms. The van der Waals surface area contributed by atoms with Gasteiger partial charge in [0.05, 0.1) is 24.9 Å². The third kappa shape index (κ3) is 3.59. The Labute approximate surface area is 132 Å². The van der Waals surface area contributed by atoms with Crippen LogP contribution in [0.3, 0.4) is 0 Å². The van der Waals surface area contributed by atoms with Gasteiger partial charge in [-0.15, -0.1) is 0 Å². The topological polar surface area (TPSA) is 61.8 Å². The first-order valence-electron chi connectivity index (χ1n) is 8.04. The Morgan fingerprint density at radius 1 is 1.50 bits per heavy atom. The Morgan fingerprint density at radius 2 is 2.27 bits per heavy atom. The minimum atomic E-state index is -0.247. The van der Waals surface area contributed by atoms with Crippen LogP contribution < -0.4 is 10.1 Å². The molecule has 2 N–H and O–H groups in total. The van der Waals surface area contributed by atoms with Gasteiger partial charge in [-0.1, -0.05) is 13.8 Å². The predicted octanol–water partition coefficient (Wildman–Crippen LogP) is 2.15. The molecule has 0 amide bonds. The molecule has 0 aromatic heterocycles. The maximum absolute atomic E-state index is 12.6. The highest BCUT2D eigenvalue weighted by Gasteiger charge is 2.23. The molecule has 22 heavy (non-hydrogen) atoms. The number of Topliss-reactive ketones (excluding diaryl/α,β-unsaturated/α-hetero) is 1. The number of fused-ring (bicyclic) bond motifs is 1. The van der Waals surface area contributed by atoms with Gasteiger partial charge < -0.3 is 15.2 Å². The average molecular weight is 306 g/mol. The van der Waals surface area contributed by atoms with Crippen LogP contribution in [-0.2, 0) is 0 Å². The van der Waals surface area contributed by atoms with Crippen molar-refractivity contribution in [2.75, 3.05) is 31.6 Å². The first-order chi connectivity index (χ1) is 10.6. The SMILES string of the molecule is CCC1CNc2cc(C(=O)C(C)N(CC)CCO)ccc2O1. The fraction of sp³-hybridized carbons (Fsp3) is 0.588. The number of rotatable bonds is 7. The molecule has 1 aliphatic rings. The lowest BCUT2D eigenvalue weighted by atomic mass is 10.0. The number of benzene rings is 1. The fourth-order valence-corrected chi connectivity index (χ4v) is 2.76. The zero-order valence-electron chi connectivity index (χ0n) is 13.6. The van der Waals surface area contributed by atoms with E-state index in [-0.39, 0.29) is 24.5 Å². The van der Waals surface area contributed by atoms with Crippen LogP contribution in [-0.4, -0.2) is 54.2 Å². The molecule has 0 saturated carbocycles. The lowest BCUT2D eigenvalue weighted by Crippen LogP contribution is -2.40. The van der Waals surface area contributed by atoms with Crippen molar-refractivity contribution in [3.05, 3.63) is 23.8 Å². The van der Waals surface area contributed by atoms with Gasteiger partial charge in [-0.25, -0.2) is 0 Å². The van der Waals surface area contributed by atoms with Gasteiger partial charge >= 0.3 is 0 Å². The summed E-state index contributed by atoms with van der Waals surface area (Å²) in [6, 6.07) is 5.31. The molecular formula is C17H26N2O3. The summed E-state index contributed by atoms with van der Waals surface area (Å²) in [5, 5.41) is 12.4. The van der Waals surface area contributed by atoms with Crippen LogP contribution in [0.25, 0.3) is 0 Å². The monoisotopic (exact) mass is 306 g/mol. The van der Waals surface area contributed by atoms with E-state index in [9.17, 15) is 4.79 Å². The summed E-state index contributed by atoms with van der Waals surface area (Å²) in [5.74, 6) is 0.877. The molecule has 0 radical (unpaired) electrons. The van der Waals surface area contributed by atoms with Gasteiger partial charge in [0, 0.05) is 12.1 Å². The molecule has 2 unspecified atom stereocenters. The van der Waals surface area contributed by atoms with Gasteiger partial charge in [0.15, 0.2) is 5.78 Å². The number of ketones is 1. The first kappa shape index (κ1) is 16.8. The van der Waals surface area contributed by atoms with Gasteiger partial charge in [0.25, 0.3) is 0 Å². The van der Waals surface area contributed by atoms with E-state index in [1.54, 1.807) is 0 Å². The maximum atomic E-state index is 12.6. The minimum absolute atomic E-state index is 0.0590. The van der Waals surface area contributed by atoms with Crippen LogP contribution in [0.5, 0.6) is 5.75 Å². The Hall–Kier alpha value is -1.59. The first-order valence-corrected chi connectivity index (χ1v) is 8.04. The second-order valence-corrected chi connectivity index (χ2v) is 5.63. The van der Waals surface area contributed by atoms with E-state index >= 15 is 0 Å². The molecule has 2 atom stereocenters. The molecule has 2 rings (SSSR count). The quantitative estimate of drug-likeness (QED) is 0.756. The number of ether oxygens (including phenoxy) is 1. The third-order valence-electron chi connectivity index (χ3n) is 4.25. The summed E-state index contributed by atoms with van der Waals surface area (Å²) >= 11 is 0. The lowest BCUT2D eigenvalue weighted by Gasteiger charge is -2.28. The zero-order valence-corrected chi connectivity index (χ0v) is 13.6. The number of carbonyl (C=O) groups excluding carboxylic acids is 1. The molecule has 5 nitrogen and oxygen atoms in total. The van der Waals surface area contributed by atoms with E-state index in [1.807, 2.05) is 36.9 Å². The van der Waals surface area contributed by atoms with Crippen LogP contribution in [0.15, 0.2) is 18.2 Å². The number of anilines is 1. The summed E-state index contributed by atoms with van der Waals surface area (Å²) in [6.07, 6.45) is 1.14. The normalized spacial score (nSPS) is 18.3. The molecule has 122 valence electrons. The average Bonchev–Trinajstić information content (AvgIpc) is 2.57. The summed E-state index contributed by atoms with van der Waals surface area (Å²) in [6.45, 7) is 8.04. The molecule has 0 fully saturated rings. The van der Waals surface area contributed by atoms with Crippen molar-refractivity contribution in [1.29, 1.82) is 0 Å². The molecule has 0 spiro atoms. The van der Waals surface area contributed by atoms with Crippen molar-refractivity contribution in [3.63, 3.8) is 0 Å². The smallest absolute Gasteiger partial charge is 0.179 e. The molecule has 0 saturated heterocycles. The van der Waals surface area contributed by atoms with Gasteiger partial charge in [0.1, 0.15) is 11.9 Å². The largest absolute Gasteiger partial charge is 0.486 e. The molecule has 0 aliphatic carbocycles. The van der Waals surface area contributed by atoms with Crippen molar-refractivity contribution in [3.8, 4) is 5.75 Å². The zero-order chi connectivity index (χ0) is 16.1. The number of aliphatic hydroxyl groups is 1. The number of nitrogens with one attached hydrogen (secondary N) is 1. The second kappa shape index (κ2) is 7.61. The molecular weight excluding hydrogens is 280 g/mol. The van der Waals surface area contributed by atoms with Gasteiger partial charge in [-0.3, -0.25) is 9.69 Å². The number of hydrogen-bond acceptors (Lipinski definition) is 5.